The number of ether oxygens (including phenoxy) is 2. The molecule has 4 heteroatoms. The van der Waals surface area contributed by atoms with E-state index in [4.69, 9.17) is 9.47 Å². The fourth-order valence-electron chi connectivity index (χ4n) is 2.38. The van der Waals surface area contributed by atoms with Crippen LogP contribution < -0.4 is 10.1 Å². The monoisotopic (exact) mass is 295 g/mol. The van der Waals surface area contributed by atoms with Crippen LogP contribution in [0, 0.1) is 0 Å². The van der Waals surface area contributed by atoms with Crippen molar-refractivity contribution in [3.8, 4) is 5.75 Å². The summed E-state index contributed by atoms with van der Waals surface area (Å²) in [7, 11) is 2.03. The molecule has 1 heterocycles. The van der Waals surface area contributed by atoms with E-state index < -0.39 is 0 Å². The number of hydrogen-bond donors (Lipinski definition) is 1. The van der Waals surface area contributed by atoms with Gasteiger partial charge in [0.2, 0.25) is 0 Å². The van der Waals surface area contributed by atoms with Crippen molar-refractivity contribution >= 4 is 11.8 Å². The third kappa shape index (κ3) is 4.69. The molecule has 1 unspecified atom stereocenters. The highest BCUT2D eigenvalue weighted by Gasteiger charge is 2.17. The predicted octanol–water partition coefficient (Wildman–Crippen LogP) is 3.26. The van der Waals surface area contributed by atoms with Gasteiger partial charge in [0.25, 0.3) is 0 Å². The standard InChI is InChI=1S/C16H25NO2S/c1-3-19-14-6-4-13(5-7-14)16(17-2)12-20-15-8-10-18-11-9-15/h4-7,15-17H,3,8-12H2,1-2H3. The van der Waals surface area contributed by atoms with Crippen molar-refractivity contribution in [3.05, 3.63) is 29.8 Å². The number of nitrogens with one attached hydrogen (secondary N) is 1. The number of rotatable bonds is 7. The molecule has 20 heavy (non-hydrogen) atoms. The maximum absolute atomic E-state index is 5.49. The Morgan fingerprint density at radius 2 is 2.00 bits per heavy atom. The quantitative estimate of drug-likeness (QED) is 0.836. The molecule has 1 N–H and O–H groups in total. The lowest BCUT2D eigenvalue weighted by atomic mass is 10.1. The summed E-state index contributed by atoms with van der Waals surface area (Å²) in [5.41, 5.74) is 1.33. The van der Waals surface area contributed by atoms with Gasteiger partial charge in [0, 0.05) is 30.3 Å². The minimum Gasteiger partial charge on any atom is -0.494 e. The number of benzene rings is 1. The summed E-state index contributed by atoms with van der Waals surface area (Å²) in [5, 5.41) is 4.17. The molecule has 0 spiro atoms. The molecular weight excluding hydrogens is 270 g/mol. The van der Waals surface area contributed by atoms with Gasteiger partial charge < -0.3 is 14.8 Å². The highest BCUT2D eigenvalue weighted by molar-refractivity contribution is 7.99. The maximum atomic E-state index is 5.49. The van der Waals surface area contributed by atoms with Gasteiger partial charge in [-0.2, -0.15) is 11.8 Å². The van der Waals surface area contributed by atoms with Gasteiger partial charge in [-0.1, -0.05) is 12.1 Å². The zero-order valence-electron chi connectivity index (χ0n) is 12.4. The molecule has 0 bridgehead atoms. The van der Waals surface area contributed by atoms with E-state index in [2.05, 4.69) is 41.3 Å². The normalized spacial score (nSPS) is 17.9. The van der Waals surface area contributed by atoms with Gasteiger partial charge in [-0.15, -0.1) is 0 Å². The first kappa shape index (κ1) is 15.7. The summed E-state index contributed by atoms with van der Waals surface area (Å²) in [6.07, 6.45) is 2.37. The Balaban J connectivity index is 1.86. The van der Waals surface area contributed by atoms with Crippen LogP contribution in [0.1, 0.15) is 31.4 Å². The topological polar surface area (TPSA) is 30.5 Å². The lowest BCUT2D eigenvalue weighted by molar-refractivity contribution is 0.1000. The van der Waals surface area contributed by atoms with Gasteiger partial charge in [0.1, 0.15) is 5.75 Å². The van der Waals surface area contributed by atoms with E-state index in [-0.39, 0.29) is 0 Å². The van der Waals surface area contributed by atoms with Crippen LogP contribution in [-0.4, -0.2) is 37.9 Å². The third-order valence-corrected chi connectivity index (χ3v) is 5.08. The minimum atomic E-state index is 0.401. The molecular formula is C16H25NO2S. The zero-order valence-corrected chi connectivity index (χ0v) is 13.2. The minimum absolute atomic E-state index is 0.401. The summed E-state index contributed by atoms with van der Waals surface area (Å²) < 4.78 is 10.9. The first-order chi connectivity index (χ1) is 9.83. The second-order valence-corrected chi connectivity index (χ2v) is 6.32. The van der Waals surface area contributed by atoms with Crippen molar-refractivity contribution in [1.29, 1.82) is 0 Å². The maximum Gasteiger partial charge on any atom is 0.119 e. The fraction of sp³-hybridized carbons (Fsp3) is 0.625. The van der Waals surface area contributed by atoms with Crippen LogP contribution >= 0.6 is 11.8 Å². The summed E-state index contributed by atoms with van der Waals surface area (Å²) in [6.45, 7) is 4.57. The lowest BCUT2D eigenvalue weighted by Crippen LogP contribution is -2.23. The predicted molar refractivity (Wildman–Crippen MR) is 85.7 cm³/mol. The van der Waals surface area contributed by atoms with E-state index in [1.54, 1.807) is 0 Å². The van der Waals surface area contributed by atoms with Gasteiger partial charge >= 0.3 is 0 Å². The van der Waals surface area contributed by atoms with E-state index in [0.29, 0.717) is 12.6 Å². The smallest absolute Gasteiger partial charge is 0.119 e. The molecule has 1 aromatic rings. The Bertz CT molecular complexity index is 377. The molecule has 0 radical (unpaired) electrons. The van der Waals surface area contributed by atoms with E-state index >= 15 is 0 Å². The third-order valence-electron chi connectivity index (χ3n) is 3.61. The Labute approximate surface area is 126 Å². The fourth-order valence-corrected chi connectivity index (χ4v) is 3.73. The van der Waals surface area contributed by atoms with E-state index in [1.807, 2.05) is 14.0 Å². The largest absolute Gasteiger partial charge is 0.494 e. The molecule has 1 atom stereocenters. The Morgan fingerprint density at radius 1 is 1.30 bits per heavy atom. The van der Waals surface area contributed by atoms with Crippen molar-refractivity contribution in [1.82, 2.24) is 5.32 Å². The molecule has 3 nitrogen and oxygen atoms in total. The molecule has 112 valence electrons. The summed E-state index contributed by atoms with van der Waals surface area (Å²) >= 11 is 2.07. The molecule has 0 aromatic heterocycles. The molecule has 0 amide bonds. The first-order valence-corrected chi connectivity index (χ1v) is 8.47. The van der Waals surface area contributed by atoms with Crippen LogP contribution in [0.3, 0.4) is 0 Å². The van der Waals surface area contributed by atoms with Gasteiger partial charge in [-0.25, -0.2) is 0 Å². The first-order valence-electron chi connectivity index (χ1n) is 7.43. The van der Waals surface area contributed by atoms with Crippen LogP contribution in [0.25, 0.3) is 0 Å². The van der Waals surface area contributed by atoms with E-state index in [0.717, 1.165) is 30.0 Å². The van der Waals surface area contributed by atoms with Crippen molar-refractivity contribution in [3.63, 3.8) is 0 Å². The number of thioether (sulfide) groups is 1. The second kappa shape index (κ2) is 8.55. The molecule has 1 saturated heterocycles. The lowest BCUT2D eigenvalue weighted by Gasteiger charge is -2.24. The van der Waals surface area contributed by atoms with Crippen LogP contribution in [0.5, 0.6) is 5.75 Å². The zero-order chi connectivity index (χ0) is 14.2. The molecule has 1 fully saturated rings. The van der Waals surface area contributed by atoms with Crippen molar-refractivity contribution in [2.75, 3.05) is 32.6 Å². The van der Waals surface area contributed by atoms with Gasteiger partial charge in [0.05, 0.1) is 6.61 Å². The van der Waals surface area contributed by atoms with Gasteiger partial charge in [-0.05, 0) is 44.5 Å². The molecule has 0 saturated carbocycles. The van der Waals surface area contributed by atoms with Crippen molar-refractivity contribution in [2.45, 2.75) is 31.1 Å². The Kier molecular flexibility index (Phi) is 6.70. The summed E-state index contributed by atoms with van der Waals surface area (Å²) in [5.74, 6) is 2.05. The van der Waals surface area contributed by atoms with Crippen LogP contribution in [-0.2, 0) is 4.74 Å². The van der Waals surface area contributed by atoms with E-state index in [1.165, 1.54) is 18.4 Å². The van der Waals surface area contributed by atoms with Crippen molar-refractivity contribution < 1.29 is 9.47 Å². The van der Waals surface area contributed by atoms with Crippen LogP contribution in [0.15, 0.2) is 24.3 Å². The molecule has 2 rings (SSSR count). The average Bonchev–Trinajstić information content (AvgIpc) is 2.51. The molecule has 1 aliphatic heterocycles. The molecule has 1 aromatic carbocycles. The van der Waals surface area contributed by atoms with Gasteiger partial charge in [-0.3, -0.25) is 0 Å². The van der Waals surface area contributed by atoms with Crippen molar-refractivity contribution in [2.24, 2.45) is 0 Å². The van der Waals surface area contributed by atoms with Crippen LogP contribution in [0.4, 0.5) is 0 Å². The SMILES string of the molecule is CCOc1ccc(C(CSC2CCOCC2)NC)cc1. The summed E-state index contributed by atoms with van der Waals surface area (Å²) in [4.78, 5) is 0. The molecule has 0 aliphatic carbocycles. The van der Waals surface area contributed by atoms with E-state index in [9.17, 15) is 0 Å². The Morgan fingerprint density at radius 3 is 2.60 bits per heavy atom. The second-order valence-electron chi connectivity index (χ2n) is 4.99. The average molecular weight is 295 g/mol. The van der Waals surface area contributed by atoms with Gasteiger partial charge in [0.15, 0.2) is 0 Å². The highest BCUT2D eigenvalue weighted by atomic mass is 32.2. The van der Waals surface area contributed by atoms with Crippen LogP contribution in [0.2, 0.25) is 0 Å². The highest BCUT2D eigenvalue weighted by Crippen LogP contribution is 2.27. The summed E-state index contributed by atoms with van der Waals surface area (Å²) in [6, 6.07) is 8.84. The number of hydrogen-bond acceptors (Lipinski definition) is 4. The molecule has 1 aliphatic rings. The Hall–Kier alpha value is -0.710.